The number of hydrogen-bond donors (Lipinski definition) is 1. The first kappa shape index (κ1) is 16.2. The predicted octanol–water partition coefficient (Wildman–Crippen LogP) is 3.51. The molecule has 0 fully saturated rings. The van der Waals surface area contributed by atoms with Crippen LogP contribution in [0.25, 0.3) is 0 Å². The fourth-order valence-electron chi connectivity index (χ4n) is 2.34. The SMILES string of the molecule is CN[C@H](C)[C@@H](OC(=O)CCc1ccccc1)c1ccccc1. The predicted molar refractivity (Wildman–Crippen MR) is 88.6 cm³/mol. The molecule has 0 saturated carbocycles. The quantitative estimate of drug-likeness (QED) is 0.795. The second-order valence-corrected chi connectivity index (χ2v) is 5.38. The summed E-state index contributed by atoms with van der Waals surface area (Å²) >= 11 is 0. The molecule has 0 spiro atoms. The summed E-state index contributed by atoms with van der Waals surface area (Å²) in [5, 5.41) is 3.17. The molecule has 0 radical (unpaired) electrons. The van der Waals surface area contributed by atoms with Crippen LogP contribution >= 0.6 is 0 Å². The van der Waals surface area contributed by atoms with Crippen molar-refractivity contribution in [2.45, 2.75) is 31.9 Å². The molecule has 2 rings (SSSR count). The lowest BCUT2D eigenvalue weighted by molar-refractivity contribution is -0.150. The Bertz CT molecular complexity index is 569. The largest absolute Gasteiger partial charge is 0.456 e. The summed E-state index contributed by atoms with van der Waals surface area (Å²) in [5.74, 6) is -0.167. The molecule has 0 unspecified atom stereocenters. The Morgan fingerprint density at radius 3 is 2.23 bits per heavy atom. The Morgan fingerprint density at radius 1 is 1.05 bits per heavy atom. The zero-order valence-corrected chi connectivity index (χ0v) is 13.2. The molecule has 1 N–H and O–H groups in total. The van der Waals surface area contributed by atoms with Crippen LogP contribution in [0.5, 0.6) is 0 Å². The van der Waals surface area contributed by atoms with Gasteiger partial charge in [0.1, 0.15) is 6.10 Å². The molecule has 0 aliphatic carbocycles. The average molecular weight is 297 g/mol. The van der Waals surface area contributed by atoms with Gasteiger partial charge in [-0.05, 0) is 31.5 Å². The molecule has 0 bridgehead atoms. The van der Waals surface area contributed by atoms with Crippen molar-refractivity contribution in [1.82, 2.24) is 5.32 Å². The van der Waals surface area contributed by atoms with Crippen LogP contribution in [0.4, 0.5) is 0 Å². The van der Waals surface area contributed by atoms with Gasteiger partial charge in [-0.15, -0.1) is 0 Å². The number of ether oxygens (including phenoxy) is 1. The molecule has 116 valence electrons. The third-order valence-corrected chi connectivity index (χ3v) is 3.76. The van der Waals surface area contributed by atoms with Gasteiger partial charge in [-0.2, -0.15) is 0 Å². The highest BCUT2D eigenvalue weighted by Gasteiger charge is 2.22. The number of carbonyl (C=O) groups excluding carboxylic acids is 1. The molecular formula is C19H23NO2. The van der Waals surface area contributed by atoms with Crippen LogP contribution in [0, 0.1) is 0 Å². The van der Waals surface area contributed by atoms with E-state index >= 15 is 0 Å². The minimum Gasteiger partial charge on any atom is -0.456 e. The number of likely N-dealkylation sites (N-methyl/N-ethyl adjacent to an activating group) is 1. The molecule has 0 aliphatic rings. The lowest BCUT2D eigenvalue weighted by atomic mass is 10.0. The molecule has 0 aliphatic heterocycles. The van der Waals surface area contributed by atoms with Gasteiger partial charge in [-0.3, -0.25) is 4.79 Å². The van der Waals surface area contributed by atoms with Gasteiger partial charge < -0.3 is 10.1 Å². The van der Waals surface area contributed by atoms with E-state index in [1.807, 2.05) is 74.6 Å². The highest BCUT2D eigenvalue weighted by Crippen LogP contribution is 2.22. The van der Waals surface area contributed by atoms with Gasteiger partial charge >= 0.3 is 5.97 Å². The van der Waals surface area contributed by atoms with Gasteiger partial charge in [0.2, 0.25) is 0 Å². The normalized spacial score (nSPS) is 13.4. The number of rotatable bonds is 7. The molecule has 0 aromatic heterocycles. The topological polar surface area (TPSA) is 38.3 Å². The van der Waals surface area contributed by atoms with Gasteiger partial charge in [-0.25, -0.2) is 0 Å². The minimum absolute atomic E-state index is 0.0584. The number of carbonyl (C=O) groups is 1. The van der Waals surface area contributed by atoms with E-state index in [-0.39, 0.29) is 18.1 Å². The third-order valence-electron chi connectivity index (χ3n) is 3.76. The van der Waals surface area contributed by atoms with Crippen LogP contribution < -0.4 is 5.32 Å². The molecule has 0 heterocycles. The number of nitrogens with one attached hydrogen (secondary N) is 1. The van der Waals surface area contributed by atoms with E-state index in [1.165, 1.54) is 0 Å². The summed E-state index contributed by atoms with van der Waals surface area (Å²) in [4.78, 5) is 12.2. The number of esters is 1. The lowest BCUT2D eigenvalue weighted by Crippen LogP contribution is -2.32. The highest BCUT2D eigenvalue weighted by atomic mass is 16.5. The van der Waals surface area contributed by atoms with Gasteiger partial charge in [0.25, 0.3) is 0 Å². The lowest BCUT2D eigenvalue weighted by Gasteiger charge is -2.24. The summed E-state index contributed by atoms with van der Waals surface area (Å²) in [6.07, 6.45) is 0.827. The molecule has 2 atom stereocenters. The smallest absolute Gasteiger partial charge is 0.306 e. The second-order valence-electron chi connectivity index (χ2n) is 5.38. The van der Waals surface area contributed by atoms with Crippen LogP contribution in [-0.2, 0) is 16.0 Å². The fourth-order valence-corrected chi connectivity index (χ4v) is 2.34. The van der Waals surface area contributed by atoms with Gasteiger partial charge in [0, 0.05) is 12.5 Å². The molecule has 3 nitrogen and oxygen atoms in total. The summed E-state index contributed by atoms with van der Waals surface area (Å²) in [5.41, 5.74) is 2.16. The van der Waals surface area contributed by atoms with Crippen molar-refractivity contribution >= 4 is 5.97 Å². The maximum absolute atomic E-state index is 12.2. The van der Waals surface area contributed by atoms with E-state index < -0.39 is 0 Å². The molecular weight excluding hydrogens is 274 g/mol. The monoisotopic (exact) mass is 297 g/mol. The Hall–Kier alpha value is -2.13. The van der Waals surface area contributed by atoms with E-state index in [0.29, 0.717) is 12.8 Å². The molecule has 0 amide bonds. The Kier molecular flexibility index (Phi) is 6.16. The first-order valence-corrected chi connectivity index (χ1v) is 7.66. The van der Waals surface area contributed by atoms with Crippen LogP contribution in [0.3, 0.4) is 0 Å². The van der Waals surface area contributed by atoms with Crippen LogP contribution in [0.1, 0.15) is 30.6 Å². The summed E-state index contributed by atoms with van der Waals surface area (Å²) in [7, 11) is 1.87. The Morgan fingerprint density at radius 2 is 1.64 bits per heavy atom. The molecule has 0 saturated heterocycles. The number of benzene rings is 2. The van der Waals surface area contributed by atoms with Crippen molar-refractivity contribution in [1.29, 1.82) is 0 Å². The fraction of sp³-hybridized carbons (Fsp3) is 0.316. The van der Waals surface area contributed by atoms with Gasteiger partial charge in [0.05, 0.1) is 0 Å². The van der Waals surface area contributed by atoms with E-state index in [1.54, 1.807) is 0 Å². The zero-order chi connectivity index (χ0) is 15.8. The summed E-state index contributed by atoms with van der Waals surface area (Å²) < 4.78 is 5.71. The van der Waals surface area contributed by atoms with Crippen LogP contribution in [0.15, 0.2) is 60.7 Å². The van der Waals surface area contributed by atoms with Crippen molar-refractivity contribution in [3.8, 4) is 0 Å². The van der Waals surface area contributed by atoms with Crippen molar-refractivity contribution in [2.75, 3.05) is 7.05 Å². The second kappa shape index (κ2) is 8.35. The maximum atomic E-state index is 12.2. The third kappa shape index (κ3) is 4.71. The molecule has 22 heavy (non-hydrogen) atoms. The average Bonchev–Trinajstić information content (AvgIpc) is 2.59. The van der Waals surface area contributed by atoms with E-state index in [2.05, 4.69) is 5.32 Å². The molecule has 3 heteroatoms. The standard InChI is InChI=1S/C19H23NO2/c1-15(20-2)19(17-11-7-4-8-12-17)22-18(21)14-13-16-9-5-3-6-10-16/h3-12,15,19-20H,13-14H2,1-2H3/t15-,19-/m1/s1. The number of hydrogen-bond acceptors (Lipinski definition) is 3. The Balaban J connectivity index is 1.96. The van der Waals surface area contributed by atoms with Crippen molar-refractivity contribution in [3.63, 3.8) is 0 Å². The number of aryl methyl sites for hydroxylation is 1. The highest BCUT2D eigenvalue weighted by molar-refractivity contribution is 5.70. The van der Waals surface area contributed by atoms with Crippen molar-refractivity contribution in [3.05, 3.63) is 71.8 Å². The molecule has 2 aromatic rings. The van der Waals surface area contributed by atoms with E-state index in [4.69, 9.17) is 4.74 Å². The minimum atomic E-state index is -0.269. The molecule has 2 aromatic carbocycles. The summed E-state index contributed by atoms with van der Waals surface area (Å²) in [6.45, 7) is 2.02. The van der Waals surface area contributed by atoms with Crippen molar-refractivity contribution in [2.24, 2.45) is 0 Å². The van der Waals surface area contributed by atoms with E-state index in [0.717, 1.165) is 11.1 Å². The van der Waals surface area contributed by atoms with Crippen LogP contribution in [0.2, 0.25) is 0 Å². The summed E-state index contributed by atoms with van der Waals surface area (Å²) in [6, 6.07) is 19.9. The van der Waals surface area contributed by atoms with Gasteiger partial charge in [0.15, 0.2) is 0 Å². The first-order chi connectivity index (χ1) is 10.7. The first-order valence-electron chi connectivity index (χ1n) is 7.66. The Labute approximate surface area is 132 Å². The van der Waals surface area contributed by atoms with E-state index in [9.17, 15) is 4.79 Å². The van der Waals surface area contributed by atoms with Gasteiger partial charge in [-0.1, -0.05) is 60.7 Å². The van der Waals surface area contributed by atoms with Crippen LogP contribution in [-0.4, -0.2) is 19.1 Å². The van der Waals surface area contributed by atoms with Crippen molar-refractivity contribution < 1.29 is 9.53 Å². The maximum Gasteiger partial charge on any atom is 0.306 e. The zero-order valence-electron chi connectivity index (χ0n) is 13.2.